The standard InChI is InChI=1S/C12H13N3O4/c1-7-4-10(15(18)19)11(13-6-7)14-9-3-2-8(5-9)12(16)17/h2-4,6,8-9H,5H2,1H3,(H,13,14)(H,16,17). The maximum absolute atomic E-state index is 10.9. The third-order valence-electron chi connectivity index (χ3n) is 2.92. The van der Waals surface area contributed by atoms with Crippen LogP contribution in [0.5, 0.6) is 0 Å². The van der Waals surface area contributed by atoms with Gasteiger partial charge in [-0.05, 0) is 18.9 Å². The zero-order valence-electron chi connectivity index (χ0n) is 10.2. The Bertz CT molecular complexity index is 556. The molecule has 19 heavy (non-hydrogen) atoms. The van der Waals surface area contributed by atoms with Gasteiger partial charge in [-0.1, -0.05) is 12.2 Å². The van der Waals surface area contributed by atoms with E-state index in [9.17, 15) is 14.9 Å². The Labute approximate surface area is 109 Å². The number of anilines is 1. The topological polar surface area (TPSA) is 105 Å². The fraction of sp³-hybridized carbons (Fsp3) is 0.333. The first-order valence-electron chi connectivity index (χ1n) is 5.76. The Morgan fingerprint density at radius 2 is 2.32 bits per heavy atom. The Kier molecular flexibility index (Phi) is 3.46. The maximum Gasteiger partial charge on any atom is 0.311 e. The highest BCUT2D eigenvalue weighted by Gasteiger charge is 2.26. The summed E-state index contributed by atoms with van der Waals surface area (Å²) >= 11 is 0. The summed E-state index contributed by atoms with van der Waals surface area (Å²) in [5.74, 6) is -1.29. The van der Waals surface area contributed by atoms with Gasteiger partial charge in [-0.25, -0.2) is 4.98 Å². The Hall–Kier alpha value is -2.44. The number of carbonyl (C=O) groups is 1. The van der Waals surface area contributed by atoms with Gasteiger partial charge in [0.1, 0.15) is 0 Å². The predicted octanol–water partition coefficient (Wildman–Crippen LogP) is 1.74. The molecule has 1 aromatic heterocycles. The van der Waals surface area contributed by atoms with Crippen LogP contribution < -0.4 is 5.32 Å². The number of carboxylic acid groups (broad SMARTS) is 1. The number of rotatable bonds is 4. The lowest BCUT2D eigenvalue weighted by Gasteiger charge is -2.12. The highest BCUT2D eigenvalue weighted by atomic mass is 16.6. The summed E-state index contributed by atoms with van der Waals surface area (Å²) in [6.45, 7) is 1.72. The summed E-state index contributed by atoms with van der Waals surface area (Å²) in [6.07, 6.45) is 5.18. The lowest BCUT2D eigenvalue weighted by Crippen LogP contribution is -2.20. The second-order valence-electron chi connectivity index (χ2n) is 4.45. The van der Waals surface area contributed by atoms with Crippen molar-refractivity contribution in [3.8, 4) is 0 Å². The molecule has 1 aromatic rings. The van der Waals surface area contributed by atoms with E-state index < -0.39 is 16.8 Å². The van der Waals surface area contributed by atoms with Crippen LogP contribution in [0, 0.1) is 23.0 Å². The Morgan fingerprint density at radius 1 is 1.58 bits per heavy atom. The van der Waals surface area contributed by atoms with Gasteiger partial charge in [-0.2, -0.15) is 0 Å². The van der Waals surface area contributed by atoms with Crippen LogP contribution in [0.2, 0.25) is 0 Å². The molecular weight excluding hydrogens is 250 g/mol. The maximum atomic E-state index is 10.9. The number of nitro groups is 1. The monoisotopic (exact) mass is 263 g/mol. The van der Waals surface area contributed by atoms with Crippen molar-refractivity contribution in [3.63, 3.8) is 0 Å². The van der Waals surface area contributed by atoms with Crippen molar-refractivity contribution in [2.24, 2.45) is 5.92 Å². The minimum Gasteiger partial charge on any atom is -0.481 e. The molecule has 100 valence electrons. The SMILES string of the molecule is Cc1cnc(NC2C=CC(C(=O)O)C2)c([N+](=O)[O-])c1. The van der Waals surface area contributed by atoms with Crippen LogP contribution >= 0.6 is 0 Å². The molecule has 7 nitrogen and oxygen atoms in total. The van der Waals surface area contributed by atoms with Crippen molar-refractivity contribution in [2.75, 3.05) is 5.32 Å². The number of hydrogen-bond donors (Lipinski definition) is 2. The van der Waals surface area contributed by atoms with E-state index in [4.69, 9.17) is 5.11 Å². The number of aryl methyl sites for hydroxylation is 1. The molecule has 2 unspecified atom stereocenters. The van der Waals surface area contributed by atoms with E-state index in [1.54, 1.807) is 19.1 Å². The number of nitrogens with one attached hydrogen (secondary N) is 1. The second kappa shape index (κ2) is 5.05. The first kappa shape index (κ1) is 13.0. The Balaban J connectivity index is 2.15. The highest BCUT2D eigenvalue weighted by Crippen LogP contribution is 2.27. The molecule has 0 aromatic carbocycles. The van der Waals surface area contributed by atoms with E-state index >= 15 is 0 Å². The summed E-state index contributed by atoms with van der Waals surface area (Å²) in [4.78, 5) is 25.2. The highest BCUT2D eigenvalue weighted by molar-refractivity contribution is 5.73. The predicted molar refractivity (Wildman–Crippen MR) is 67.9 cm³/mol. The van der Waals surface area contributed by atoms with Crippen LogP contribution in [-0.4, -0.2) is 27.0 Å². The molecule has 0 bridgehead atoms. The molecule has 1 aliphatic rings. The van der Waals surface area contributed by atoms with Gasteiger partial charge in [-0.3, -0.25) is 14.9 Å². The van der Waals surface area contributed by atoms with Crippen LogP contribution in [0.4, 0.5) is 11.5 Å². The van der Waals surface area contributed by atoms with Gasteiger partial charge in [0.05, 0.1) is 10.8 Å². The first-order valence-corrected chi connectivity index (χ1v) is 5.76. The number of aliphatic carboxylic acids is 1. The van der Waals surface area contributed by atoms with Crippen molar-refractivity contribution in [1.29, 1.82) is 0 Å². The summed E-state index contributed by atoms with van der Waals surface area (Å²) in [5.41, 5.74) is 0.592. The normalized spacial score (nSPS) is 21.3. The van der Waals surface area contributed by atoms with Crippen molar-refractivity contribution in [2.45, 2.75) is 19.4 Å². The number of carboxylic acids is 1. The van der Waals surface area contributed by atoms with Crippen molar-refractivity contribution < 1.29 is 14.8 Å². The molecular formula is C12H13N3O4. The van der Waals surface area contributed by atoms with Gasteiger partial charge < -0.3 is 10.4 Å². The molecule has 0 fully saturated rings. The van der Waals surface area contributed by atoms with Gasteiger partial charge in [0.2, 0.25) is 5.82 Å². The summed E-state index contributed by atoms with van der Waals surface area (Å²) in [5, 5.41) is 22.7. The smallest absolute Gasteiger partial charge is 0.311 e. The molecule has 1 heterocycles. The van der Waals surface area contributed by atoms with Crippen molar-refractivity contribution >= 4 is 17.5 Å². The van der Waals surface area contributed by atoms with E-state index in [-0.39, 0.29) is 17.5 Å². The van der Waals surface area contributed by atoms with E-state index in [0.717, 1.165) is 0 Å². The number of pyridine rings is 1. The summed E-state index contributed by atoms with van der Waals surface area (Å²) < 4.78 is 0. The van der Waals surface area contributed by atoms with Crippen LogP contribution in [0.1, 0.15) is 12.0 Å². The van der Waals surface area contributed by atoms with Gasteiger partial charge in [-0.15, -0.1) is 0 Å². The van der Waals surface area contributed by atoms with Crippen LogP contribution in [0.3, 0.4) is 0 Å². The molecule has 0 saturated heterocycles. The van der Waals surface area contributed by atoms with Crippen LogP contribution in [0.15, 0.2) is 24.4 Å². The second-order valence-corrected chi connectivity index (χ2v) is 4.45. The molecule has 0 aliphatic heterocycles. The number of aromatic nitrogens is 1. The van der Waals surface area contributed by atoms with E-state index in [1.807, 2.05) is 0 Å². The number of hydrogen-bond acceptors (Lipinski definition) is 5. The molecule has 0 radical (unpaired) electrons. The minimum absolute atomic E-state index is 0.104. The zero-order chi connectivity index (χ0) is 14.0. The van der Waals surface area contributed by atoms with Gasteiger partial charge in [0.15, 0.2) is 0 Å². The average Bonchev–Trinajstić information content (AvgIpc) is 2.80. The first-order chi connectivity index (χ1) is 8.97. The van der Waals surface area contributed by atoms with Crippen LogP contribution in [0.25, 0.3) is 0 Å². The van der Waals surface area contributed by atoms with Gasteiger partial charge in [0, 0.05) is 18.3 Å². The fourth-order valence-electron chi connectivity index (χ4n) is 1.97. The summed E-state index contributed by atoms with van der Waals surface area (Å²) in [6, 6.07) is 1.18. The third-order valence-corrected chi connectivity index (χ3v) is 2.92. The van der Waals surface area contributed by atoms with Gasteiger partial charge in [0.25, 0.3) is 0 Å². The van der Waals surface area contributed by atoms with Crippen molar-refractivity contribution in [1.82, 2.24) is 4.98 Å². The largest absolute Gasteiger partial charge is 0.481 e. The third kappa shape index (κ3) is 2.87. The van der Waals surface area contributed by atoms with E-state index in [0.29, 0.717) is 12.0 Å². The molecule has 0 amide bonds. The summed E-state index contributed by atoms with van der Waals surface area (Å²) in [7, 11) is 0. The molecule has 0 saturated carbocycles. The molecule has 2 rings (SSSR count). The quantitative estimate of drug-likeness (QED) is 0.487. The van der Waals surface area contributed by atoms with Crippen LogP contribution in [-0.2, 0) is 4.79 Å². The fourth-order valence-corrected chi connectivity index (χ4v) is 1.97. The van der Waals surface area contributed by atoms with Gasteiger partial charge >= 0.3 is 11.7 Å². The minimum atomic E-state index is -0.896. The number of nitrogens with zero attached hydrogens (tertiary/aromatic N) is 2. The molecule has 1 aliphatic carbocycles. The molecule has 0 spiro atoms. The molecule has 2 N–H and O–H groups in total. The lowest BCUT2D eigenvalue weighted by molar-refractivity contribution is -0.384. The van der Waals surface area contributed by atoms with E-state index in [2.05, 4.69) is 10.3 Å². The Morgan fingerprint density at radius 3 is 2.89 bits per heavy atom. The molecule has 7 heteroatoms. The van der Waals surface area contributed by atoms with E-state index in [1.165, 1.54) is 12.3 Å². The average molecular weight is 263 g/mol. The van der Waals surface area contributed by atoms with Crippen molar-refractivity contribution in [3.05, 3.63) is 40.1 Å². The lowest BCUT2D eigenvalue weighted by atomic mass is 10.1. The molecule has 2 atom stereocenters. The zero-order valence-corrected chi connectivity index (χ0v) is 10.2.